The highest BCUT2D eigenvalue weighted by molar-refractivity contribution is 9.11. The van der Waals surface area contributed by atoms with E-state index >= 15 is 0 Å². The van der Waals surface area contributed by atoms with Gasteiger partial charge in [0.2, 0.25) is 0 Å². The van der Waals surface area contributed by atoms with E-state index in [0.717, 1.165) is 15.1 Å². The van der Waals surface area contributed by atoms with Gasteiger partial charge in [-0.15, -0.1) is 11.3 Å². The average molecular weight is 355 g/mol. The third-order valence-corrected chi connectivity index (χ3v) is 5.34. The van der Waals surface area contributed by atoms with Crippen molar-refractivity contribution < 1.29 is 8.42 Å². The lowest BCUT2D eigenvalue weighted by Crippen LogP contribution is -2.12. The maximum absolute atomic E-state index is 11.9. The molecule has 0 fully saturated rings. The van der Waals surface area contributed by atoms with Crippen LogP contribution in [-0.4, -0.2) is 18.4 Å². The van der Waals surface area contributed by atoms with Gasteiger partial charge in [0.25, 0.3) is 10.0 Å². The van der Waals surface area contributed by atoms with Crippen LogP contribution in [0, 0.1) is 0 Å². The van der Waals surface area contributed by atoms with Crippen LogP contribution in [-0.2, 0) is 10.0 Å². The van der Waals surface area contributed by atoms with Crippen molar-refractivity contribution in [2.45, 2.75) is 4.21 Å². The fourth-order valence-corrected chi connectivity index (χ4v) is 4.10. The highest BCUT2D eigenvalue weighted by atomic mass is 79.9. The Labute approximate surface area is 115 Å². The molecule has 2 aromatic rings. The van der Waals surface area contributed by atoms with Crippen molar-refractivity contribution >= 4 is 54.7 Å². The first-order chi connectivity index (χ1) is 7.97. The van der Waals surface area contributed by atoms with E-state index in [9.17, 15) is 8.42 Å². The molecule has 0 bridgehead atoms. The number of anilines is 1. The summed E-state index contributed by atoms with van der Waals surface area (Å²) in [6.45, 7) is 0. The van der Waals surface area contributed by atoms with Gasteiger partial charge in [-0.25, -0.2) is 18.4 Å². The molecule has 5 nitrogen and oxygen atoms in total. The van der Waals surface area contributed by atoms with Crippen molar-refractivity contribution in [3.05, 3.63) is 33.5 Å². The summed E-state index contributed by atoms with van der Waals surface area (Å²) in [5.41, 5.74) is 0. The average Bonchev–Trinajstić information content (AvgIpc) is 2.69. The van der Waals surface area contributed by atoms with Gasteiger partial charge in [-0.1, -0.05) is 11.6 Å². The lowest BCUT2D eigenvalue weighted by Gasteiger charge is -2.04. The molecular formula is C8H5BrClN3O2S2. The van der Waals surface area contributed by atoms with Gasteiger partial charge in [-0.3, -0.25) is 4.72 Å². The van der Waals surface area contributed by atoms with Gasteiger partial charge < -0.3 is 0 Å². The predicted octanol–water partition coefficient (Wildman–Crippen LogP) is 2.75. The molecule has 2 rings (SSSR count). The van der Waals surface area contributed by atoms with Crippen molar-refractivity contribution in [3.8, 4) is 0 Å². The van der Waals surface area contributed by atoms with Gasteiger partial charge in [-0.05, 0) is 28.1 Å². The van der Waals surface area contributed by atoms with Crippen molar-refractivity contribution in [2.75, 3.05) is 4.72 Å². The SMILES string of the molecule is O=S(=O)(Nc1cnc(Cl)cn1)c1ccc(Br)s1. The molecule has 0 aliphatic carbocycles. The number of nitrogens with zero attached hydrogens (tertiary/aromatic N) is 2. The Morgan fingerprint density at radius 1 is 1.29 bits per heavy atom. The molecule has 0 saturated carbocycles. The van der Waals surface area contributed by atoms with Crippen LogP contribution in [0.15, 0.2) is 32.5 Å². The Balaban J connectivity index is 2.26. The number of hydrogen-bond acceptors (Lipinski definition) is 5. The normalized spacial score (nSPS) is 11.4. The topological polar surface area (TPSA) is 72.0 Å². The van der Waals surface area contributed by atoms with E-state index < -0.39 is 10.0 Å². The Morgan fingerprint density at radius 2 is 2.06 bits per heavy atom. The minimum absolute atomic E-state index is 0.124. The Kier molecular flexibility index (Phi) is 3.67. The van der Waals surface area contributed by atoms with E-state index in [2.05, 4.69) is 30.6 Å². The zero-order valence-corrected chi connectivity index (χ0v) is 12.1. The maximum Gasteiger partial charge on any atom is 0.272 e. The Morgan fingerprint density at radius 3 is 2.59 bits per heavy atom. The van der Waals surface area contributed by atoms with Crippen LogP contribution in [0.3, 0.4) is 0 Å². The Hall–Kier alpha value is -0.700. The molecule has 17 heavy (non-hydrogen) atoms. The van der Waals surface area contributed by atoms with Crippen LogP contribution in [0.1, 0.15) is 0 Å². The molecule has 0 unspecified atom stereocenters. The first-order valence-corrected chi connectivity index (χ1v) is 7.70. The highest BCUT2D eigenvalue weighted by Gasteiger charge is 2.17. The molecular weight excluding hydrogens is 350 g/mol. The third-order valence-electron chi connectivity index (χ3n) is 1.67. The van der Waals surface area contributed by atoms with Crippen molar-refractivity contribution in [2.24, 2.45) is 0 Å². The van der Waals surface area contributed by atoms with E-state index in [1.54, 1.807) is 6.07 Å². The monoisotopic (exact) mass is 353 g/mol. The largest absolute Gasteiger partial charge is 0.272 e. The standard InChI is InChI=1S/C8H5BrClN3O2S2/c9-5-1-2-8(16-5)17(14,15)13-7-4-11-6(10)3-12-7/h1-4H,(H,12,13). The molecule has 0 aromatic carbocycles. The minimum atomic E-state index is -3.61. The van der Waals surface area contributed by atoms with E-state index in [1.807, 2.05) is 0 Å². The minimum Gasteiger partial charge on any atom is -0.261 e. The second-order valence-corrected chi connectivity index (χ2v) is 7.65. The van der Waals surface area contributed by atoms with Gasteiger partial charge in [0.05, 0.1) is 16.2 Å². The van der Waals surface area contributed by atoms with Gasteiger partial charge in [0.1, 0.15) is 9.36 Å². The number of rotatable bonds is 3. The summed E-state index contributed by atoms with van der Waals surface area (Å²) in [5, 5.41) is 0.201. The van der Waals surface area contributed by atoms with Crippen LogP contribution in [0.2, 0.25) is 5.15 Å². The number of sulfonamides is 1. The summed E-state index contributed by atoms with van der Waals surface area (Å²) in [6.07, 6.45) is 2.52. The molecule has 2 aromatic heterocycles. The van der Waals surface area contributed by atoms with Crippen molar-refractivity contribution in [1.29, 1.82) is 0 Å². The summed E-state index contributed by atoms with van der Waals surface area (Å²) in [6, 6.07) is 3.16. The quantitative estimate of drug-likeness (QED) is 0.920. The summed E-state index contributed by atoms with van der Waals surface area (Å²) in [5.74, 6) is 0.124. The molecule has 0 atom stereocenters. The molecule has 0 aliphatic heterocycles. The molecule has 0 spiro atoms. The van der Waals surface area contributed by atoms with Gasteiger partial charge in [-0.2, -0.15) is 0 Å². The van der Waals surface area contributed by atoms with Crippen LogP contribution >= 0.6 is 38.9 Å². The second kappa shape index (κ2) is 4.89. The number of nitrogens with one attached hydrogen (secondary N) is 1. The van der Waals surface area contributed by atoms with Crippen molar-refractivity contribution in [1.82, 2.24) is 9.97 Å². The molecule has 0 aliphatic rings. The highest BCUT2D eigenvalue weighted by Crippen LogP contribution is 2.27. The first-order valence-electron chi connectivity index (χ1n) is 4.23. The van der Waals surface area contributed by atoms with Gasteiger partial charge >= 0.3 is 0 Å². The van der Waals surface area contributed by atoms with Crippen LogP contribution in [0.5, 0.6) is 0 Å². The Bertz CT molecular complexity index is 626. The summed E-state index contributed by atoms with van der Waals surface area (Å²) < 4.78 is 27.0. The predicted molar refractivity (Wildman–Crippen MR) is 69.9 cm³/mol. The molecule has 2 heterocycles. The summed E-state index contributed by atoms with van der Waals surface area (Å²) in [7, 11) is -3.61. The third kappa shape index (κ3) is 3.15. The molecule has 9 heteroatoms. The van der Waals surface area contributed by atoms with E-state index in [1.165, 1.54) is 18.5 Å². The van der Waals surface area contributed by atoms with Gasteiger partial charge in [0, 0.05) is 0 Å². The number of thiophene rings is 1. The number of hydrogen-bond donors (Lipinski definition) is 1. The zero-order valence-electron chi connectivity index (χ0n) is 8.09. The van der Waals surface area contributed by atoms with Gasteiger partial charge in [0.15, 0.2) is 5.82 Å². The lowest BCUT2D eigenvalue weighted by atomic mass is 10.7. The zero-order chi connectivity index (χ0) is 12.5. The summed E-state index contributed by atoms with van der Waals surface area (Å²) in [4.78, 5) is 7.54. The van der Waals surface area contributed by atoms with Crippen molar-refractivity contribution in [3.63, 3.8) is 0 Å². The fourth-order valence-electron chi connectivity index (χ4n) is 0.995. The smallest absolute Gasteiger partial charge is 0.261 e. The maximum atomic E-state index is 11.9. The second-order valence-electron chi connectivity index (χ2n) is 2.89. The van der Waals surface area contributed by atoms with E-state index in [4.69, 9.17) is 11.6 Å². The summed E-state index contributed by atoms with van der Waals surface area (Å²) >= 11 is 9.86. The molecule has 90 valence electrons. The fraction of sp³-hybridized carbons (Fsp3) is 0. The first kappa shape index (κ1) is 12.7. The molecule has 0 saturated heterocycles. The number of halogens is 2. The van der Waals surface area contributed by atoms with Crippen LogP contribution < -0.4 is 4.72 Å². The van der Waals surface area contributed by atoms with Crippen LogP contribution in [0.25, 0.3) is 0 Å². The lowest BCUT2D eigenvalue weighted by molar-refractivity contribution is 0.603. The van der Waals surface area contributed by atoms with E-state index in [0.29, 0.717) is 0 Å². The molecule has 1 N–H and O–H groups in total. The van der Waals surface area contributed by atoms with Crippen LogP contribution in [0.4, 0.5) is 5.82 Å². The molecule has 0 radical (unpaired) electrons. The molecule has 0 amide bonds. The van der Waals surface area contributed by atoms with E-state index in [-0.39, 0.29) is 15.2 Å². The number of aromatic nitrogens is 2.